The van der Waals surface area contributed by atoms with Crippen molar-refractivity contribution >= 4 is 26.6 Å². The molecule has 178 valence electrons. The number of pyridine rings is 1. The molecular formula is C26H19N5O4S. The summed E-state index contributed by atoms with van der Waals surface area (Å²) in [6, 6.07) is 22.9. The van der Waals surface area contributed by atoms with Crippen molar-refractivity contribution in [2.75, 3.05) is 26.3 Å². The molecule has 1 unspecified atom stereocenters. The Morgan fingerprint density at radius 2 is 1.78 bits per heavy atom. The molecule has 0 bridgehead atoms. The van der Waals surface area contributed by atoms with E-state index in [-0.39, 0.29) is 16.1 Å². The second-order valence-electron chi connectivity index (χ2n) is 8.21. The van der Waals surface area contributed by atoms with Gasteiger partial charge in [-0.3, -0.25) is 24.4 Å². The number of nitriles is 2. The number of fused-ring (bicyclic) bond motifs is 1. The summed E-state index contributed by atoms with van der Waals surface area (Å²) in [5.41, 5.74) is -0.379. The fourth-order valence-electron chi connectivity index (χ4n) is 4.76. The lowest BCUT2D eigenvalue weighted by Crippen LogP contribution is -2.51. The Labute approximate surface area is 209 Å². The smallest absolute Gasteiger partial charge is 0.333 e. The Hall–Kier alpha value is -4.35. The molecule has 4 aromatic rings. The molecule has 0 amide bonds. The van der Waals surface area contributed by atoms with Crippen LogP contribution in [0.15, 0.2) is 71.5 Å². The van der Waals surface area contributed by atoms with E-state index in [1.54, 1.807) is 54.6 Å². The highest BCUT2D eigenvalue weighted by atomic mass is 32.1. The van der Waals surface area contributed by atoms with Crippen LogP contribution < -0.4 is 5.56 Å². The number of rotatable bonds is 5. The highest BCUT2D eigenvalue weighted by Gasteiger charge is 2.48. The topological polar surface area (TPSA) is 125 Å². The van der Waals surface area contributed by atoms with E-state index in [4.69, 9.17) is 4.74 Å². The first-order valence-electron chi connectivity index (χ1n) is 11.1. The summed E-state index contributed by atoms with van der Waals surface area (Å²) in [7, 11) is 0. The maximum Gasteiger partial charge on any atom is 0.333 e. The highest BCUT2D eigenvalue weighted by Crippen LogP contribution is 2.49. The van der Waals surface area contributed by atoms with Gasteiger partial charge in [0.25, 0.3) is 5.56 Å². The summed E-state index contributed by atoms with van der Waals surface area (Å²) < 4.78 is 6.95. The normalized spacial score (nSPS) is 15.6. The molecule has 0 saturated carbocycles. The van der Waals surface area contributed by atoms with Crippen molar-refractivity contribution < 1.29 is 9.66 Å². The van der Waals surface area contributed by atoms with E-state index in [1.807, 2.05) is 11.0 Å². The van der Waals surface area contributed by atoms with E-state index in [0.29, 0.717) is 53.3 Å². The molecule has 1 aliphatic heterocycles. The van der Waals surface area contributed by atoms with Crippen molar-refractivity contribution in [3.05, 3.63) is 104 Å². The van der Waals surface area contributed by atoms with Gasteiger partial charge in [-0.15, -0.1) is 0 Å². The molecule has 1 saturated heterocycles. The standard InChI is InChI=1S/C26H19N5O4S/c27-16-18-5-4-6-19(15-18)26(17-28,29-11-13-35-14-12-29)23-21-9-10-22(32)30(20-7-2-1-3-8-20)24(21)36-25(23)31(33)34/h1-10,15H,11-14H2. The Kier molecular flexibility index (Phi) is 6.08. The van der Waals surface area contributed by atoms with Crippen LogP contribution in [0.1, 0.15) is 16.7 Å². The van der Waals surface area contributed by atoms with Crippen molar-refractivity contribution in [1.82, 2.24) is 9.47 Å². The van der Waals surface area contributed by atoms with E-state index in [9.17, 15) is 25.4 Å². The second-order valence-corrected chi connectivity index (χ2v) is 9.19. The molecule has 5 rings (SSSR count). The van der Waals surface area contributed by atoms with Gasteiger partial charge in [0, 0.05) is 24.5 Å². The van der Waals surface area contributed by atoms with Gasteiger partial charge in [0.15, 0.2) is 5.54 Å². The van der Waals surface area contributed by atoms with Crippen molar-refractivity contribution in [1.29, 1.82) is 10.5 Å². The molecule has 36 heavy (non-hydrogen) atoms. The number of morpholine rings is 1. The van der Waals surface area contributed by atoms with Crippen molar-refractivity contribution in [2.45, 2.75) is 5.54 Å². The maximum atomic E-state index is 13.0. The zero-order valence-electron chi connectivity index (χ0n) is 19.0. The number of nitrogens with zero attached hydrogens (tertiary/aromatic N) is 5. The predicted octanol–water partition coefficient (Wildman–Crippen LogP) is 3.93. The number of nitro groups is 1. The van der Waals surface area contributed by atoms with E-state index < -0.39 is 10.5 Å². The quantitative estimate of drug-likeness (QED) is 0.302. The highest BCUT2D eigenvalue weighted by molar-refractivity contribution is 7.22. The minimum absolute atomic E-state index is 0.191. The molecule has 1 fully saturated rings. The summed E-state index contributed by atoms with van der Waals surface area (Å²) in [5.74, 6) is 0. The van der Waals surface area contributed by atoms with Crippen LogP contribution in [-0.4, -0.2) is 40.7 Å². The van der Waals surface area contributed by atoms with Crippen LogP contribution in [0.4, 0.5) is 5.00 Å². The minimum atomic E-state index is -1.59. The number of thiophene rings is 1. The SMILES string of the molecule is N#Cc1cccc(C(C#N)(c2c([N+](=O)[O-])sc3c2ccc(=O)n3-c2ccccc2)N2CCOCC2)c1. The molecule has 2 aromatic heterocycles. The van der Waals surface area contributed by atoms with Crippen LogP contribution in [-0.2, 0) is 10.3 Å². The van der Waals surface area contributed by atoms with Gasteiger partial charge in [-0.2, -0.15) is 10.5 Å². The van der Waals surface area contributed by atoms with Gasteiger partial charge in [-0.25, -0.2) is 0 Å². The monoisotopic (exact) mass is 497 g/mol. The molecule has 0 N–H and O–H groups in total. The number of hydrogen-bond donors (Lipinski definition) is 0. The number of benzene rings is 2. The molecule has 0 aliphatic carbocycles. The Balaban J connectivity index is 1.92. The first-order chi connectivity index (χ1) is 17.5. The minimum Gasteiger partial charge on any atom is -0.379 e. The van der Waals surface area contributed by atoms with Crippen LogP contribution in [0, 0.1) is 32.8 Å². The van der Waals surface area contributed by atoms with Crippen molar-refractivity contribution in [3.63, 3.8) is 0 Å². The van der Waals surface area contributed by atoms with Crippen LogP contribution in [0.25, 0.3) is 15.9 Å². The number of hydrogen-bond acceptors (Lipinski definition) is 8. The molecule has 0 spiro atoms. The third-order valence-electron chi connectivity index (χ3n) is 6.32. The average Bonchev–Trinajstić information content (AvgIpc) is 3.31. The summed E-state index contributed by atoms with van der Waals surface area (Å²) in [5, 5.41) is 33.0. The van der Waals surface area contributed by atoms with Crippen LogP contribution >= 0.6 is 11.3 Å². The van der Waals surface area contributed by atoms with E-state index in [0.717, 1.165) is 11.3 Å². The van der Waals surface area contributed by atoms with Gasteiger partial charge in [0.2, 0.25) is 0 Å². The van der Waals surface area contributed by atoms with Gasteiger partial charge in [0.1, 0.15) is 4.83 Å². The summed E-state index contributed by atoms with van der Waals surface area (Å²) in [4.78, 5) is 27.2. The number of ether oxygens (including phenoxy) is 1. The molecule has 1 aliphatic rings. The van der Waals surface area contributed by atoms with Gasteiger partial charge >= 0.3 is 5.00 Å². The number of para-hydroxylation sites is 1. The Bertz CT molecular complexity index is 1610. The van der Waals surface area contributed by atoms with Gasteiger partial charge in [-0.1, -0.05) is 30.3 Å². The van der Waals surface area contributed by atoms with Crippen LogP contribution in [0.3, 0.4) is 0 Å². The molecule has 1 atom stereocenters. The lowest BCUT2D eigenvalue weighted by molar-refractivity contribution is -0.381. The largest absolute Gasteiger partial charge is 0.379 e. The zero-order chi connectivity index (χ0) is 25.3. The predicted molar refractivity (Wildman–Crippen MR) is 134 cm³/mol. The molecule has 10 heteroatoms. The van der Waals surface area contributed by atoms with E-state index >= 15 is 0 Å². The Morgan fingerprint density at radius 1 is 1.03 bits per heavy atom. The lowest BCUT2D eigenvalue weighted by Gasteiger charge is -2.40. The lowest BCUT2D eigenvalue weighted by atomic mass is 9.81. The third-order valence-corrected chi connectivity index (χ3v) is 7.46. The van der Waals surface area contributed by atoms with E-state index in [1.165, 1.54) is 10.6 Å². The fraction of sp³-hybridized carbons (Fsp3) is 0.192. The molecule has 9 nitrogen and oxygen atoms in total. The van der Waals surface area contributed by atoms with Crippen molar-refractivity contribution in [2.24, 2.45) is 0 Å². The Morgan fingerprint density at radius 3 is 2.44 bits per heavy atom. The zero-order valence-corrected chi connectivity index (χ0v) is 19.8. The maximum absolute atomic E-state index is 13.0. The van der Waals surface area contributed by atoms with Crippen LogP contribution in [0.2, 0.25) is 0 Å². The van der Waals surface area contributed by atoms with Gasteiger partial charge in [-0.05, 0) is 47.2 Å². The van der Waals surface area contributed by atoms with Gasteiger partial charge < -0.3 is 4.74 Å². The van der Waals surface area contributed by atoms with Crippen molar-refractivity contribution in [3.8, 4) is 17.8 Å². The molecule has 0 radical (unpaired) electrons. The van der Waals surface area contributed by atoms with Gasteiger partial charge in [0.05, 0.1) is 47.1 Å². The summed E-state index contributed by atoms with van der Waals surface area (Å²) in [6.45, 7) is 1.42. The first kappa shape index (κ1) is 23.4. The van der Waals surface area contributed by atoms with Crippen LogP contribution in [0.5, 0.6) is 0 Å². The van der Waals surface area contributed by atoms with E-state index in [2.05, 4.69) is 12.1 Å². The molecule has 3 heterocycles. The summed E-state index contributed by atoms with van der Waals surface area (Å²) >= 11 is 0.868. The second kappa shape index (κ2) is 9.36. The molecule has 2 aromatic carbocycles. The summed E-state index contributed by atoms with van der Waals surface area (Å²) in [6.07, 6.45) is 0. The molecular weight excluding hydrogens is 478 g/mol. The third kappa shape index (κ3) is 3.65. The first-order valence-corrected chi connectivity index (χ1v) is 12.0. The average molecular weight is 498 g/mol. The fourth-order valence-corrected chi connectivity index (χ4v) is 5.94. The number of aromatic nitrogens is 1.